The van der Waals surface area contributed by atoms with Crippen LogP contribution in [0.3, 0.4) is 0 Å². The quantitative estimate of drug-likeness (QED) is 0.161. The molecule has 0 nitrogen and oxygen atoms in total. The maximum absolute atomic E-state index is 3.67. The fraction of sp³-hybridized carbons (Fsp3) is 0.293. The van der Waals surface area contributed by atoms with Gasteiger partial charge in [0, 0.05) is 0 Å². The topological polar surface area (TPSA) is 0 Å². The van der Waals surface area contributed by atoms with E-state index in [4.69, 9.17) is 0 Å². The van der Waals surface area contributed by atoms with Gasteiger partial charge in [-0.3, -0.25) is 6.08 Å². The van der Waals surface area contributed by atoms with Crippen LogP contribution < -0.4 is 0 Å². The fourth-order valence-electron chi connectivity index (χ4n) is 4.98. The van der Waals surface area contributed by atoms with Crippen LogP contribution in [0.5, 0.6) is 0 Å². The second-order valence-corrected chi connectivity index (χ2v) is 14.7. The van der Waals surface area contributed by atoms with Crippen molar-refractivity contribution in [2.45, 2.75) is 79.1 Å². The molecule has 6 rings (SSSR count). The first-order valence-electron chi connectivity index (χ1n) is 15.0. The molecule has 0 fully saturated rings. The molecule has 0 N–H and O–H groups in total. The van der Waals surface area contributed by atoms with Gasteiger partial charge in [-0.05, 0) is 28.4 Å². The predicted molar refractivity (Wildman–Crippen MR) is 193 cm³/mol. The summed E-state index contributed by atoms with van der Waals surface area (Å²) in [5.74, 6) is 0. The molecule has 0 atom stereocenters. The normalized spacial score (nSPS) is 12.4. The van der Waals surface area contributed by atoms with Crippen LogP contribution in [-0.4, -0.2) is 3.21 Å². The number of fused-ring (bicyclic) bond motifs is 3. The van der Waals surface area contributed by atoms with E-state index in [2.05, 4.69) is 152 Å². The molecule has 0 unspecified atom stereocenters. The zero-order valence-electron chi connectivity index (χ0n) is 27.5. The SMILES string of the molecule is CC(C)(C)c1[c-]c2c(cc1)-c1ccc(C(C)(C)C)cc1C2.Cc1ccc([C](=[Zr+2])c2ccc(C)cc2)cc1.Cl.Cl.[C-]1=CC=CC1. The molecule has 228 valence electrons. The summed E-state index contributed by atoms with van der Waals surface area (Å²) in [5.41, 5.74) is 14.0. The Morgan fingerprint density at radius 1 is 0.682 bits per heavy atom. The number of halogens is 2. The van der Waals surface area contributed by atoms with Gasteiger partial charge >= 0.3 is 112 Å². The van der Waals surface area contributed by atoms with Crippen LogP contribution in [0, 0.1) is 26.0 Å². The molecule has 0 spiro atoms. The summed E-state index contributed by atoms with van der Waals surface area (Å²) in [6.45, 7) is 17.8. The van der Waals surface area contributed by atoms with Crippen molar-refractivity contribution in [3.63, 3.8) is 0 Å². The monoisotopic (exact) mass is 698 g/mol. The van der Waals surface area contributed by atoms with E-state index in [0.29, 0.717) is 0 Å². The van der Waals surface area contributed by atoms with Gasteiger partial charge in [0.05, 0.1) is 0 Å². The van der Waals surface area contributed by atoms with Crippen molar-refractivity contribution in [2.24, 2.45) is 0 Å². The van der Waals surface area contributed by atoms with Crippen LogP contribution in [-0.2, 0) is 41.5 Å². The Hall–Kier alpha value is -2.31. The van der Waals surface area contributed by atoms with Gasteiger partial charge in [0.25, 0.3) is 0 Å². The third-order valence-electron chi connectivity index (χ3n) is 7.73. The van der Waals surface area contributed by atoms with Crippen molar-refractivity contribution in [1.82, 2.24) is 0 Å². The average Bonchev–Trinajstić information content (AvgIpc) is 3.64. The minimum atomic E-state index is 0. The first-order chi connectivity index (χ1) is 19.8. The van der Waals surface area contributed by atoms with Crippen molar-refractivity contribution in [2.75, 3.05) is 0 Å². The van der Waals surface area contributed by atoms with E-state index in [0.717, 1.165) is 12.8 Å². The molecule has 0 bridgehead atoms. The van der Waals surface area contributed by atoms with Gasteiger partial charge in [-0.1, -0.05) is 65.3 Å². The molecule has 2 aliphatic rings. The number of allylic oxidation sites excluding steroid dienone is 4. The van der Waals surface area contributed by atoms with Crippen molar-refractivity contribution in [3.05, 3.63) is 154 Å². The van der Waals surface area contributed by atoms with Gasteiger partial charge in [0.2, 0.25) is 0 Å². The van der Waals surface area contributed by atoms with Crippen LogP contribution in [0.2, 0.25) is 0 Å². The van der Waals surface area contributed by atoms with Gasteiger partial charge < -0.3 is 0 Å². The Morgan fingerprint density at radius 3 is 1.66 bits per heavy atom. The Kier molecular flexibility index (Phi) is 14.0. The second kappa shape index (κ2) is 16.3. The first kappa shape index (κ1) is 37.9. The minimum Gasteiger partial charge on any atom is -0.273 e. The zero-order chi connectivity index (χ0) is 30.5. The smallest absolute Gasteiger partial charge is 0.109 e. The maximum Gasteiger partial charge on any atom is -0.109 e. The van der Waals surface area contributed by atoms with E-state index in [1.807, 2.05) is 12.2 Å². The van der Waals surface area contributed by atoms with Crippen molar-refractivity contribution in [3.8, 4) is 11.1 Å². The maximum atomic E-state index is 3.67. The molecule has 0 saturated heterocycles. The van der Waals surface area contributed by atoms with Crippen molar-refractivity contribution >= 4 is 28.0 Å². The molecule has 0 aliphatic heterocycles. The summed E-state index contributed by atoms with van der Waals surface area (Å²) in [6, 6.07) is 32.7. The van der Waals surface area contributed by atoms with Gasteiger partial charge in [-0.2, -0.15) is 29.8 Å². The Balaban J connectivity index is 0.000000260. The number of aryl methyl sites for hydroxylation is 2. The van der Waals surface area contributed by atoms with Crippen LogP contribution in [0.25, 0.3) is 11.1 Å². The van der Waals surface area contributed by atoms with Crippen molar-refractivity contribution in [1.29, 1.82) is 0 Å². The second-order valence-electron chi connectivity index (χ2n) is 13.4. The number of hydrogen-bond donors (Lipinski definition) is 0. The average molecular weight is 701 g/mol. The molecule has 44 heavy (non-hydrogen) atoms. The summed E-state index contributed by atoms with van der Waals surface area (Å²) in [6.07, 6.45) is 11.0. The molecule has 0 heterocycles. The molecular formula is C41H46Cl2Zr. The van der Waals surface area contributed by atoms with Crippen molar-refractivity contribution < 1.29 is 24.2 Å². The van der Waals surface area contributed by atoms with Crippen LogP contribution >= 0.6 is 24.8 Å². The predicted octanol–water partition coefficient (Wildman–Crippen LogP) is 11.2. The summed E-state index contributed by atoms with van der Waals surface area (Å²) in [4.78, 5) is 0. The third-order valence-corrected chi connectivity index (χ3v) is 9.15. The summed E-state index contributed by atoms with van der Waals surface area (Å²) >= 11 is 1.46. The molecule has 2 aliphatic carbocycles. The van der Waals surface area contributed by atoms with Gasteiger partial charge in [0.1, 0.15) is 0 Å². The van der Waals surface area contributed by atoms with E-state index in [1.54, 1.807) is 0 Å². The van der Waals surface area contributed by atoms with Crippen LogP contribution in [0.1, 0.15) is 92.5 Å². The molecule has 0 amide bonds. The van der Waals surface area contributed by atoms with E-state index >= 15 is 0 Å². The van der Waals surface area contributed by atoms with E-state index < -0.39 is 0 Å². The molecule has 3 heteroatoms. The fourth-order valence-corrected chi connectivity index (χ4v) is 5.79. The molecule has 0 saturated carbocycles. The summed E-state index contributed by atoms with van der Waals surface area (Å²) < 4.78 is 1.42. The molecule has 0 aromatic heterocycles. The Morgan fingerprint density at radius 2 is 1.23 bits per heavy atom. The number of rotatable bonds is 2. The Bertz CT molecular complexity index is 1470. The van der Waals surface area contributed by atoms with Crippen LogP contribution in [0.4, 0.5) is 0 Å². The van der Waals surface area contributed by atoms with Gasteiger partial charge in [-0.25, -0.2) is 12.2 Å². The van der Waals surface area contributed by atoms with Gasteiger partial charge in [0.15, 0.2) is 0 Å². The molecule has 0 radical (unpaired) electrons. The largest absolute Gasteiger partial charge is 0.273 e. The van der Waals surface area contributed by atoms with E-state index in [1.165, 1.54) is 83.1 Å². The summed E-state index contributed by atoms with van der Waals surface area (Å²) in [5, 5.41) is 0. The molecule has 4 aromatic carbocycles. The zero-order valence-corrected chi connectivity index (χ0v) is 31.6. The summed E-state index contributed by atoms with van der Waals surface area (Å²) in [7, 11) is 0. The number of benzene rings is 4. The number of hydrogen-bond acceptors (Lipinski definition) is 0. The molecule has 4 aromatic rings. The first-order valence-corrected chi connectivity index (χ1v) is 16.2. The van der Waals surface area contributed by atoms with Gasteiger partial charge in [-0.15, -0.1) is 42.4 Å². The van der Waals surface area contributed by atoms with Crippen LogP contribution in [0.15, 0.2) is 97.1 Å². The Labute approximate surface area is 294 Å². The van der Waals surface area contributed by atoms with E-state index in [9.17, 15) is 0 Å². The third kappa shape index (κ3) is 10.1. The standard InChI is InChI=1S/C21H25.C15H14.C5H5.2ClH.Zr/c1-20(2,3)16-7-9-18-14(12-16)11-15-13-17(21(4,5)6)8-10-19(15)18;1-12-3-7-14(8-4-12)11-15-9-5-13(2)6-10-15;1-2-4-5-3-1;;;/h7-10,12H,11H2,1-6H3;3-10H,1-2H3;1-3H,4H2;2*1H;/q-1;;-1;;;+2. The molecular weight excluding hydrogens is 655 g/mol. The van der Waals surface area contributed by atoms with E-state index in [-0.39, 0.29) is 35.6 Å². The minimum absolute atomic E-state index is 0.